The highest BCUT2D eigenvalue weighted by Gasteiger charge is 2.27. The van der Waals surface area contributed by atoms with Crippen molar-refractivity contribution in [1.82, 2.24) is 0 Å². The Balaban J connectivity index is 1.76. The molecule has 0 saturated carbocycles. The zero-order valence-corrected chi connectivity index (χ0v) is 13.0. The second-order valence-corrected chi connectivity index (χ2v) is 5.37. The van der Waals surface area contributed by atoms with E-state index in [0.29, 0.717) is 5.75 Å². The van der Waals surface area contributed by atoms with E-state index in [9.17, 15) is 19.3 Å². The molecule has 0 amide bonds. The third-order valence-electron chi connectivity index (χ3n) is 3.70. The molecule has 2 aliphatic rings. The summed E-state index contributed by atoms with van der Waals surface area (Å²) in [6.45, 7) is -0.0452. The molecule has 0 aliphatic carbocycles. The number of hydrogen-bond acceptors (Lipinski definition) is 7. The van der Waals surface area contributed by atoms with Crippen LogP contribution in [0.3, 0.4) is 0 Å². The number of ether oxygens (including phenoxy) is 3. The van der Waals surface area contributed by atoms with Crippen molar-refractivity contribution in [3.63, 3.8) is 0 Å². The molecular formula is C17H9FN2O6. The summed E-state index contributed by atoms with van der Waals surface area (Å²) in [5.41, 5.74) is -0.0347. The van der Waals surface area contributed by atoms with Crippen LogP contribution in [0, 0.1) is 15.9 Å². The van der Waals surface area contributed by atoms with Gasteiger partial charge in [-0.1, -0.05) is 6.07 Å². The van der Waals surface area contributed by atoms with Crippen LogP contribution in [-0.2, 0) is 9.53 Å². The second kappa shape index (κ2) is 5.96. The standard InChI is InChI=1S/C17H9FN2O6/c18-11-3-1-2-9(4-11)16-19-12(17(21)26-16)5-10-6-14-15(25-8-24-14)7-13(10)20(22)23/h1-7H,8H2/b12-5-. The van der Waals surface area contributed by atoms with Gasteiger partial charge in [0.15, 0.2) is 17.2 Å². The fraction of sp³-hybridized carbons (Fsp3) is 0.0588. The predicted molar refractivity (Wildman–Crippen MR) is 86.2 cm³/mol. The van der Waals surface area contributed by atoms with Gasteiger partial charge in [-0.05, 0) is 30.3 Å². The van der Waals surface area contributed by atoms with Crippen molar-refractivity contribution in [2.45, 2.75) is 0 Å². The van der Waals surface area contributed by atoms with Crippen molar-refractivity contribution in [2.24, 2.45) is 4.99 Å². The third kappa shape index (κ3) is 2.75. The number of nitro benzene ring substituents is 1. The molecule has 0 N–H and O–H groups in total. The maximum absolute atomic E-state index is 13.3. The number of aliphatic imine (C=N–C) groups is 1. The summed E-state index contributed by atoms with van der Waals surface area (Å²) in [5, 5.41) is 11.3. The first kappa shape index (κ1) is 15.8. The number of hydrogen-bond donors (Lipinski definition) is 0. The molecule has 0 atom stereocenters. The maximum atomic E-state index is 13.3. The van der Waals surface area contributed by atoms with Crippen molar-refractivity contribution in [1.29, 1.82) is 0 Å². The molecule has 0 saturated heterocycles. The van der Waals surface area contributed by atoms with Gasteiger partial charge in [-0.15, -0.1) is 0 Å². The molecule has 0 unspecified atom stereocenters. The van der Waals surface area contributed by atoms with E-state index in [-0.39, 0.29) is 41.0 Å². The Labute approximate surface area is 145 Å². The summed E-state index contributed by atoms with van der Waals surface area (Å²) >= 11 is 0. The lowest BCUT2D eigenvalue weighted by Crippen LogP contribution is -2.05. The lowest BCUT2D eigenvalue weighted by atomic mass is 10.1. The first-order valence-corrected chi connectivity index (χ1v) is 7.38. The van der Waals surface area contributed by atoms with Crippen molar-refractivity contribution in [3.8, 4) is 11.5 Å². The molecule has 26 heavy (non-hydrogen) atoms. The Morgan fingerprint density at radius 2 is 1.96 bits per heavy atom. The molecule has 0 aromatic heterocycles. The van der Waals surface area contributed by atoms with E-state index >= 15 is 0 Å². The van der Waals surface area contributed by atoms with E-state index in [4.69, 9.17) is 14.2 Å². The molecule has 2 aromatic carbocycles. The molecule has 4 rings (SSSR count). The second-order valence-electron chi connectivity index (χ2n) is 5.37. The van der Waals surface area contributed by atoms with Crippen LogP contribution in [0.1, 0.15) is 11.1 Å². The number of fused-ring (bicyclic) bond motifs is 1. The minimum absolute atomic E-state index is 0.0452. The Morgan fingerprint density at radius 1 is 1.19 bits per heavy atom. The fourth-order valence-corrected chi connectivity index (χ4v) is 2.52. The maximum Gasteiger partial charge on any atom is 0.363 e. The number of esters is 1. The SMILES string of the molecule is O=C1OC(c2cccc(F)c2)=N/C1=C\c1cc2c(cc1[N+](=O)[O-])OCO2. The minimum atomic E-state index is -0.795. The van der Waals surface area contributed by atoms with Crippen LogP contribution in [-0.4, -0.2) is 23.6 Å². The van der Waals surface area contributed by atoms with Crippen LogP contribution in [0.15, 0.2) is 47.1 Å². The van der Waals surface area contributed by atoms with E-state index in [1.165, 1.54) is 36.4 Å². The first-order valence-electron chi connectivity index (χ1n) is 7.38. The van der Waals surface area contributed by atoms with Gasteiger partial charge < -0.3 is 14.2 Å². The highest BCUT2D eigenvalue weighted by Crippen LogP contribution is 2.39. The normalized spacial score (nSPS) is 16.6. The van der Waals surface area contributed by atoms with Gasteiger partial charge in [0.1, 0.15) is 5.82 Å². The van der Waals surface area contributed by atoms with E-state index in [1.807, 2.05) is 0 Å². The summed E-state index contributed by atoms with van der Waals surface area (Å²) in [6.07, 6.45) is 1.22. The molecule has 0 spiro atoms. The Bertz CT molecular complexity index is 1010. The molecule has 9 heteroatoms. The van der Waals surface area contributed by atoms with Crippen LogP contribution >= 0.6 is 0 Å². The number of nitro groups is 1. The van der Waals surface area contributed by atoms with Crippen LogP contribution < -0.4 is 9.47 Å². The van der Waals surface area contributed by atoms with E-state index in [0.717, 1.165) is 6.07 Å². The van der Waals surface area contributed by atoms with Crippen LogP contribution in [0.4, 0.5) is 10.1 Å². The first-order chi connectivity index (χ1) is 12.5. The van der Waals surface area contributed by atoms with Crippen LogP contribution in [0.25, 0.3) is 6.08 Å². The number of benzene rings is 2. The van der Waals surface area contributed by atoms with Crippen molar-refractivity contribution < 1.29 is 28.3 Å². The van der Waals surface area contributed by atoms with E-state index < -0.39 is 16.7 Å². The van der Waals surface area contributed by atoms with Crippen molar-refractivity contribution in [2.75, 3.05) is 6.79 Å². The van der Waals surface area contributed by atoms with Crippen LogP contribution in [0.2, 0.25) is 0 Å². The van der Waals surface area contributed by atoms with Crippen molar-refractivity contribution in [3.05, 3.63) is 69.2 Å². The van der Waals surface area contributed by atoms with Gasteiger partial charge in [0, 0.05) is 5.56 Å². The average Bonchev–Trinajstić information content (AvgIpc) is 3.20. The van der Waals surface area contributed by atoms with E-state index in [1.54, 1.807) is 0 Å². The minimum Gasteiger partial charge on any atom is -0.454 e. The van der Waals surface area contributed by atoms with Gasteiger partial charge in [0.2, 0.25) is 12.7 Å². The van der Waals surface area contributed by atoms with Gasteiger partial charge in [-0.2, -0.15) is 0 Å². The number of nitrogens with zero attached hydrogens (tertiary/aromatic N) is 2. The highest BCUT2D eigenvalue weighted by atomic mass is 19.1. The molecule has 130 valence electrons. The number of carbonyl (C=O) groups excluding carboxylic acids is 1. The number of cyclic esters (lactones) is 1. The molecule has 2 aliphatic heterocycles. The summed E-state index contributed by atoms with van der Waals surface area (Å²) < 4.78 is 28.7. The topological polar surface area (TPSA) is 100 Å². The van der Waals surface area contributed by atoms with Crippen LogP contribution in [0.5, 0.6) is 11.5 Å². The highest BCUT2D eigenvalue weighted by molar-refractivity contribution is 6.13. The van der Waals surface area contributed by atoms with Crippen molar-refractivity contribution >= 4 is 23.6 Å². The third-order valence-corrected chi connectivity index (χ3v) is 3.70. The van der Waals surface area contributed by atoms with Gasteiger partial charge in [-0.3, -0.25) is 10.1 Å². The Kier molecular flexibility index (Phi) is 3.61. The van der Waals surface area contributed by atoms with Gasteiger partial charge in [0.05, 0.1) is 16.6 Å². The van der Waals surface area contributed by atoms with Gasteiger partial charge >= 0.3 is 5.97 Å². The smallest absolute Gasteiger partial charge is 0.363 e. The summed E-state index contributed by atoms with van der Waals surface area (Å²) in [4.78, 5) is 26.7. The van der Waals surface area contributed by atoms with E-state index in [2.05, 4.69) is 4.99 Å². The predicted octanol–water partition coefficient (Wildman–Crippen LogP) is 2.81. The average molecular weight is 356 g/mol. The zero-order chi connectivity index (χ0) is 18.3. The lowest BCUT2D eigenvalue weighted by molar-refractivity contribution is -0.385. The zero-order valence-electron chi connectivity index (χ0n) is 13.0. The summed E-state index contributed by atoms with van der Waals surface area (Å²) in [6, 6.07) is 7.99. The molecule has 2 aromatic rings. The Hall–Kier alpha value is -3.75. The quantitative estimate of drug-likeness (QED) is 0.363. The largest absolute Gasteiger partial charge is 0.454 e. The number of carbonyl (C=O) groups is 1. The molecule has 0 bridgehead atoms. The molecule has 2 heterocycles. The summed E-state index contributed by atoms with van der Waals surface area (Å²) in [5.74, 6) is -0.814. The fourth-order valence-electron chi connectivity index (χ4n) is 2.52. The van der Waals surface area contributed by atoms with Gasteiger partial charge in [-0.25, -0.2) is 14.2 Å². The molecular weight excluding hydrogens is 347 g/mol. The Morgan fingerprint density at radius 3 is 2.69 bits per heavy atom. The monoisotopic (exact) mass is 356 g/mol. The number of halogens is 1. The summed E-state index contributed by atoms with van der Waals surface area (Å²) in [7, 11) is 0. The lowest BCUT2D eigenvalue weighted by Gasteiger charge is -2.01. The molecule has 8 nitrogen and oxygen atoms in total. The molecule has 0 radical (unpaired) electrons. The molecule has 0 fully saturated rings. The number of rotatable bonds is 3. The van der Waals surface area contributed by atoms with Gasteiger partial charge in [0.25, 0.3) is 5.69 Å².